The molecule has 6 heteroatoms. The van der Waals surface area contributed by atoms with Crippen molar-refractivity contribution in [2.75, 3.05) is 19.6 Å². The van der Waals surface area contributed by atoms with Crippen molar-refractivity contribution in [3.8, 4) is 0 Å². The molecule has 4 nitrogen and oxygen atoms in total. The Morgan fingerprint density at radius 1 is 1.27 bits per heavy atom. The van der Waals surface area contributed by atoms with Gasteiger partial charge in [-0.1, -0.05) is 43.6 Å². The first-order valence-electron chi connectivity index (χ1n) is 5.22. The van der Waals surface area contributed by atoms with Crippen molar-refractivity contribution in [3.63, 3.8) is 0 Å². The van der Waals surface area contributed by atoms with Crippen LogP contribution < -0.4 is 5.32 Å². The molecule has 0 saturated carbocycles. The van der Waals surface area contributed by atoms with E-state index in [1.54, 1.807) is 0 Å². The number of sulfonamides is 1. The molecule has 0 heterocycles. The van der Waals surface area contributed by atoms with Gasteiger partial charge in [0.05, 0.1) is 0 Å². The second kappa shape index (κ2) is 6.83. The van der Waals surface area contributed by atoms with Crippen LogP contribution in [0.3, 0.4) is 0 Å². The number of hydrogen-bond acceptors (Lipinski definition) is 3. The van der Waals surface area contributed by atoms with Gasteiger partial charge in [0.25, 0.3) is 0 Å². The Balaban J connectivity index is 4.44. The molecule has 0 saturated heterocycles. The van der Waals surface area contributed by atoms with Crippen LogP contribution in [0.1, 0.15) is 27.7 Å². The third-order valence-electron chi connectivity index (χ3n) is 2.08. The van der Waals surface area contributed by atoms with E-state index in [0.29, 0.717) is 19.6 Å². The predicted molar refractivity (Wildman–Crippen MR) is 67.7 cm³/mol. The standard InChI is InChI=1S/C9H21BrN2O2S/c1-5-12(6-2)15(13,14)9(10)7-11-8(3)4/h8-9,11H,5-7H2,1-4H3. The van der Waals surface area contributed by atoms with Crippen molar-refractivity contribution in [2.45, 2.75) is 37.9 Å². The summed E-state index contributed by atoms with van der Waals surface area (Å²) in [6.45, 7) is 9.13. The van der Waals surface area contributed by atoms with Gasteiger partial charge < -0.3 is 5.32 Å². The summed E-state index contributed by atoms with van der Waals surface area (Å²) < 4.78 is 24.8. The molecule has 0 amide bonds. The van der Waals surface area contributed by atoms with Crippen LogP contribution in [0.2, 0.25) is 0 Å². The minimum Gasteiger partial charge on any atom is -0.312 e. The van der Waals surface area contributed by atoms with Crippen molar-refractivity contribution >= 4 is 26.0 Å². The van der Waals surface area contributed by atoms with Gasteiger partial charge >= 0.3 is 0 Å². The lowest BCUT2D eigenvalue weighted by Gasteiger charge is -2.23. The van der Waals surface area contributed by atoms with E-state index in [1.165, 1.54) is 4.31 Å². The fourth-order valence-corrected chi connectivity index (χ4v) is 3.43. The average Bonchev–Trinajstić information content (AvgIpc) is 2.15. The number of rotatable bonds is 7. The summed E-state index contributed by atoms with van der Waals surface area (Å²) in [6.07, 6.45) is 0. The van der Waals surface area contributed by atoms with Crippen molar-refractivity contribution < 1.29 is 8.42 Å². The van der Waals surface area contributed by atoms with Gasteiger partial charge in [-0.15, -0.1) is 0 Å². The van der Waals surface area contributed by atoms with E-state index >= 15 is 0 Å². The first-order chi connectivity index (χ1) is 6.86. The summed E-state index contributed by atoms with van der Waals surface area (Å²) in [5.74, 6) is 0. The molecule has 0 aromatic carbocycles. The van der Waals surface area contributed by atoms with Crippen molar-refractivity contribution in [2.24, 2.45) is 0 Å². The maximum Gasteiger partial charge on any atom is 0.228 e. The van der Waals surface area contributed by atoms with Gasteiger partial charge in [0.2, 0.25) is 10.0 Å². The highest BCUT2D eigenvalue weighted by molar-refractivity contribution is 9.11. The van der Waals surface area contributed by atoms with Crippen LogP contribution in [0.15, 0.2) is 0 Å². The summed E-state index contributed by atoms with van der Waals surface area (Å²) in [7, 11) is -3.21. The highest BCUT2D eigenvalue weighted by atomic mass is 79.9. The second-order valence-corrected chi connectivity index (χ2v) is 7.43. The molecule has 1 N–H and O–H groups in total. The maximum atomic E-state index is 11.9. The number of alkyl halides is 1. The lowest BCUT2D eigenvalue weighted by Crippen LogP contribution is -2.41. The monoisotopic (exact) mass is 300 g/mol. The Labute approximate surface area is 102 Å². The molecular weight excluding hydrogens is 280 g/mol. The molecular formula is C9H21BrN2O2S. The largest absolute Gasteiger partial charge is 0.312 e. The van der Waals surface area contributed by atoms with Gasteiger partial charge in [-0.05, 0) is 0 Å². The zero-order valence-electron chi connectivity index (χ0n) is 9.83. The fourth-order valence-electron chi connectivity index (χ4n) is 1.18. The summed E-state index contributed by atoms with van der Waals surface area (Å²) in [4.78, 5) is 0. The van der Waals surface area contributed by atoms with Gasteiger partial charge in [0.1, 0.15) is 4.16 Å². The molecule has 0 aromatic heterocycles. The Hall–Kier alpha value is 0.350. The third-order valence-corrected chi connectivity index (χ3v) is 5.87. The van der Waals surface area contributed by atoms with Gasteiger partial charge in [0.15, 0.2) is 0 Å². The van der Waals surface area contributed by atoms with Crippen LogP contribution in [0.5, 0.6) is 0 Å². The summed E-state index contributed by atoms with van der Waals surface area (Å²) in [5, 5.41) is 3.10. The van der Waals surface area contributed by atoms with Gasteiger partial charge in [0, 0.05) is 25.7 Å². The Morgan fingerprint density at radius 2 is 1.73 bits per heavy atom. The van der Waals surface area contributed by atoms with Crippen molar-refractivity contribution in [1.82, 2.24) is 9.62 Å². The Kier molecular flexibility index (Phi) is 6.99. The molecule has 15 heavy (non-hydrogen) atoms. The summed E-state index contributed by atoms with van der Waals surface area (Å²) in [6, 6.07) is 0.289. The zero-order valence-corrected chi connectivity index (χ0v) is 12.2. The maximum absolute atomic E-state index is 11.9. The lowest BCUT2D eigenvalue weighted by molar-refractivity contribution is 0.440. The van der Waals surface area contributed by atoms with E-state index in [-0.39, 0.29) is 6.04 Å². The normalized spacial score (nSPS) is 14.9. The SMILES string of the molecule is CCN(CC)S(=O)(=O)C(Br)CNC(C)C. The predicted octanol–water partition coefficient (Wildman–Crippen LogP) is 1.38. The zero-order chi connectivity index (χ0) is 12.1. The molecule has 0 aliphatic heterocycles. The van der Waals surface area contributed by atoms with E-state index in [2.05, 4.69) is 21.2 Å². The Bertz CT molecular complexity index is 263. The highest BCUT2D eigenvalue weighted by Crippen LogP contribution is 2.14. The average molecular weight is 301 g/mol. The molecule has 1 atom stereocenters. The van der Waals surface area contributed by atoms with Crippen LogP contribution in [-0.4, -0.2) is 42.6 Å². The highest BCUT2D eigenvalue weighted by Gasteiger charge is 2.27. The van der Waals surface area contributed by atoms with Crippen LogP contribution in [0.4, 0.5) is 0 Å². The van der Waals surface area contributed by atoms with Crippen molar-refractivity contribution in [3.05, 3.63) is 0 Å². The number of halogens is 1. The quantitative estimate of drug-likeness (QED) is 0.723. The van der Waals surface area contributed by atoms with Gasteiger partial charge in [-0.3, -0.25) is 0 Å². The molecule has 0 rings (SSSR count). The third kappa shape index (κ3) is 4.80. The molecule has 0 aliphatic carbocycles. The van der Waals surface area contributed by atoms with E-state index in [0.717, 1.165) is 0 Å². The molecule has 0 aliphatic rings. The molecule has 0 aromatic rings. The summed E-state index contributed by atoms with van der Waals surface area (Å²) in [5.41, 5.74) is 0. The van der Waals surface area contributed by atoms with Crippen molar-refractivity contribution in [1.29, 1.82) is 0 Å². The van der Waals surface area contributed by atoms with E-state index in [1.807, 2.05) is 27.7 Å². The first-order valence-corrected chi connectivity index (χ1v) is 7.64. The van der Waals surface area contributed by atoms with E-state index in [4.69, 9.17) is 0 Å². The molecule has 92 valence electrons. The van der Waals surface area contributed by atoms with Gasteiger partial charge in [-0.2, -0.15) is 0 Å². The summed E-state index contributed by atoms with van der Waals surface area (Å²) >= 11 is 3.22. The molecule has 1 unspecified atom stereocenters. The number of nitrogens with zero attached hydrogens (tertiary/aromatic N) is 1. The smallest absolute Gasteiger partial charge is 0.228 e. The van der Waals surface area contributed by atoms with Crippen LogP contribution in [0.25, 0.3) is 0 Å². The Morgan fingerprint density at radius 3 is 2.07 bits per heavy atom. The minimum absolute atomic E-state index is 0.289. The molecule has 0 bridgehead atoms. The molecule has 0 radical (unpaired) electrons. The van der Waals surface area contributed by atoms with Crippen LogP contribution in [-0.2, 0) is 10.0 Å². The number of nitrogens with one attached hydrogen (secondary N) is 1. The van der Waals surface area contributed by atoms with E-state index < -0.39 is 14.2 Å². The van der Waals surface area contributed by atoms with E-state index in [9.17, 15) is 8.42 Å². The topological polar surface area (TPSA) is 49.4 Å². The lowest BCUT2D eigenvalue weighted by atomic mass is 10.4. The fraction of sp³-hybridized carbons (Fsp3) is 1.00. The molecule has 0 spiro atoms. The number of hydrogen-bond donors (Lipinski definition) is 1. The van der Waals surface area contributed by atoms with Crippen LogP contribution in [0, 0.1) is 0 Å². The van der Waals surface area contributed by atoms with Crippen LogP contribution >= 0.6 is 15.9 Å². The first kappa shape index (κ1) is 15.3. The molecule has 0 fully saturated rings. The second-order valence-electron chi connectivity index (χ2n) is 3.60. The van der Waals surface area contributed by atoms with Gasteiger partial charge in [-0.25, -0.2) is 12.7 Å². The minimum atomic E-state index is -3.21.